The van der Waals surface area contributed by atoms with Gasteiger partial charge in [0.1, 0.15) is 0 Å². The lowest BCUT2D eigenvalue weighted by Crippen LogP contribution is -2.37. The van der Waals surface area contributed by atoms with Crippen molar-refractivity contribution in [3.05, 3.63) is 28.2 Å². The number of alkyl halides is 2. The second-order valence-electron chi connectivity index (χ2n) is 3.53. The number of aliphatic hydroxyl groups excluding tert-OH is 1. The molecule has 0 saturated heterocycles. The van der Waals surface area contributed by atoms with Crippen LogP contribution in [-0.4, -0.2) is 42.0 Å². The molecule has 0 aromatic heterocycles. The van der Waals surface area contributed by atoms with E-state index in [0.717, 1.165) is 9.37 Å². The lowest BCUT2D eigenvalue weighted by Gasteiger charge is -2.22. The van der Waals surface area contributed by atoms with Gasteiger partial charge in [-0.15, -0.1) is 12.6 Å². The first kappa shape index (κ1) is 15.4. The summed E-state index contributed by atoms with van der Waals surface area (Å²) >= 11 is 7.35. The van der Waals surface area contributed by atoms with E-state index in [0.29, 0.717) is 4.90 Å². The van der Waals surface area contributed by atoms with Gasteiger partial charge in [-0.1, -0.05) is 15.9 Å². The molecule has 0 bridgehead atoms. The SMILES string of the molecule is O=C(c1ccc(Br)cc1S)N(CCO)CC(F)F. The molecule has 1 aromatic rings. The summed E-state index contributed by atoms with van der Waals surface area (Å²) in [5, 5.41) is 8.79. The number of nitrogens with zero attached hydrogens (tertiary/aromatic N) is 1. The maximum Gasteiger partial charge on any atom is 0.255 e. The summed E-state index contributed by atoms with van der Waals surface area (Å²) in [6.45, 7) is -1.20. The van der Waals surface area contributed by atoms with Gasteiger partial charge in [0.05, 0.1) is 18.7 Å². The second-order valence-corrected chi connectivity index (χ2v) is 4.92. The average Bonchev–Trinajstić information content (AvgIpc) is 2.27. The van der Waals surface area contributed by atoms with Gasteiger partial charge in [-0.3, -0.25) is 4.79 Å². The van der Waals surface area contributed by atoms with Crippen LogP contribution in [0.1, 0.15) is 10.4 Å². The fraction of sp³-hybridized carbons (Fsp3) is 0.364. The second kappa shape index (κ2) is 7.06. The fourth-order valence-corrected chi connectivity index (χ4v) is 2.27. The molecule has 0 heterocycles. The predicted molar refractivity (Wildman–Crippen MR) is 70.4 cm³/mol. The summed E-state index contributed by atoms with van der Waals surface area (Å²) in [5.74, 6) is -0.568. The van der Waals surface area contributed by atoms with Crippen LogP contribution in [0.3, 0.4) is 0 Å². The van der Waals surface area contributed by atoms with E-state index in [9.17, 15) is 13.6 Å². The van der Waals surface area contributed by atoms with Crippen molar-refractivity contribution in [3.8, 4) is 0 Å². The van der Waals surface area contributed by atoms with E-state index in [1.54, 1.807) is 12.1 Å². The van der Waals surface area contributed by atoms with E-state index in [1.807, 2.05) is 0 Å². The number of hydrogen-bond acceptors (Lipinski definition) is 3. The molecular weight excluding hydrogens is 328 g/mol. The maximum atomic E-state index is 12.3. The monoisotopic (exact) mass is 339 g/mol. The van der Waals surface area contributed by atoms with Crippen LogP contribution in [0, 0.1) is 0 Å². The first-order valence-corrected chi connectivity index (χ1v) is 6.36. The number of amides is 1. The summed E-state index contributed by atoms with van der Waals surface area (Å²) in [4.78, 5) is 13.3. The molecule has 0 unspecified atom stereocenters. The highest BCUT2D eigenvalue weighted by Crippen LogP contribution is 2.21. The average molecular weight is 340 g/mol. The Labute approximate surface area is 117 Å². The summed E-state index contributed by atoms with van der Waals surface area (Å²) in [7, 11) is 0. The Bertz CT molecular complexity index is 432. The number of carbonyl (C=O) groups is 1. The van der Waals surface area contributed by atoms with Crippen LogP contribution < -0.4 is 0 Å². The lowest BCUT2D eigenvalue weighted by atomic mass is 10.2. The van der Waals surface area contributed by atoms with Gasteiger partial charge in [0, 0.05) is 15.9 Å². The van der Waals surface area contributed by atoms with Crippen molar-refractivity contribution in [2.24, 2.45) is 0 Å². The zero-order valence-corrected chi connectivity index (χ0v) is 11.8. The van der Waals surface area contributed by atoms with Crippen LogP contribution in [0.2, 0.25) is 0 Å². The molecule has 1 N–H and O–H groups in total. The molecule has 0 spiro atoms. The summed E-state index contributed by atoms with van der Waals surface area (Å²) in [6.07, 6.45) is -2.64. The minimum atomic E-state index is -2.64. The molecule has 0 saturated carbocycles. The third kappa shape index (κ3) is 4.22. The van der Waals surface area contributed by atoms with E-state index in [2.05, 4.69) is 28.6 Å². The Morgan fingerprint density at radius 2 is 2.17 bits per heavy atom. The third-order valence-corrected chi connectivity index (χ3v) is 3.07. The lowest BCUT2D eigenvalue weighted by molar-refractivity contribution is 0.0506. The van der Waals surface area contributed by atoms with Crippen molar-refractivity contribution in [2.75, 3.05) is 19.7 Å². The number of halogens is 3. The Morgan fingerprint density at radius 1 is 1.50 bits per heavy atom. The van der Waals surface area contributed by atoms with Gasteiger partial charge in [0.15, 0.2) is 0 Å². The van der Waals surface area contributed by atoms with Gasteiger partial charge in [-0.2, -0.15) is 0 Å². The number of carbonyl (C=O) groups excluding carboxylic acids is 1. The van der Waals surface area contributed by atoms with Gasteiger partial charge < -0.3 is 10.0 Å². The quantitative estimate of drug-likeness (QED) is 0.809. The predicted octanol–water partition coefficient (Wildman–Crippen LogP) is 2.44. The largest absolute Gasteiger partial charge is 0.395 e. The highest BCUT2D eigenvalue weighted by molar-refractivity contribution is 9.10. The first-order valence-electron chi connectivity index (χ1n) is 5.12. The van der Waals surface area contributed by atoms with Crippen LogP contribution >= 0.6 is 28.6 Å². The molecule has 18 heavy (non-hydrogen) atoms. The summed E-state index contributed by atoms with van der Waals surface area (Å²) in [6, 6.07) is 4.74. The van der Waals surface area contributed by atoms with Crippen molar-refractivity contribution < 1.29 is 18.7 Å². The third-order valence-electron chi connectivity index (χ3n) is 2.21. The molecule has 0 aliphatic heterocycles. The van der Waals surface area contributed by atoms with E-state index in [1.165, 1.54) is 6.07 Å². The number of rotatable bonds is 5. The summed E-state index contributed by atoms with van der Waals surface area (Å²) in [5.41, 5.74) is 0.232. The van der Waals surface area contributed by atoms with Crippen molar-refractivity contribution in [3.63, 3.8) is 0 Å². The van der Waals surface area contributed by atoms with Crippen molar-refractivity contribution >= 4 is 34.5 Å². The van der Waals surface area contributed by atoms with Gasteiger partial charge in [-0.25, -0.2) is 8.78 Å². The summed E-state index contributed by atoms with van der Waals surface area (Å²) < 4.78 is 25.4. The van der Waals surface area contributed by atoms with Gasteiger partial charge in [0.25, 0.3) is 12.3 Å². The van der Waals surface area contributed by atoms with Gasteiger partial charge in [-0.05, 0) is 18.2 Å². The van der Waals surface area contributed by atoms with Crippen molar-refractivity contribution in [2.45, 2.75) is 11.3 Å². The topological polar surface area (TPSA) is 40.5 Å². The zero-order valence-electron chi connectivity index (χ0n) is 9.31. The molecular formula is C11H12BrF2NO2S. The normalized spacial score (nSPS) is 10.8. The van der Waals surface area contributed by atoms with Crippen LogP contribution in [0.25, 0.3) is 0 Å². The number of thiol groups is 1. The van der Waals surface area contributed by atoms with Crippen LogP contribution in [-0.2, 0) is 0 Å². The number of aliphatic hydroxyl groups is 1. The molecule has 1 amide bonds. The maximum absolute atomic E-state index is 12.3. The van der Waals surface area contributed by atoms with Crippen molar-refractivity contribution in [1.82, 2.24) is 4.90 Å². The molecule has 0 radical (unpaired) electrons. The van der Waals surface area contributed by atoms with Crippen LogP contribution in [0.15, 0.2) is 27.6 Å². The Balaban J connectivity index is 2.94. The molecule has 100 valence electrons. The van der Waals surface area contributed by atoms with E-state index in [-0.39, 0.29) is 18.7 Å². The number of benzene rings is 1. The highest BCUT2D eigenvalue weighted by atomic mass is 79.9. The smallest absolute Gasteiger partial charge is 0.255 e. The fourth-order valence-electron chi connectivity index (χ4n) is 1.42. The molecule has 1 rings (SSSR count). The van der Waals surface area contributed by atoms with Gasteiger partial charge in [0.2, 0.25) is 0 Å². The minimum Gasteiger partial charge on any atom is -0.395 e. The van der Waals surface area contributed by atoms with E-state index < -0.39 is 18.9 Å². The molecule has 3 nitrogen and oxygen atoms in total. The van der Waals surface area contributed by atoms with E-state index >= 15 is 0 Å². The molecule has 1 aromatic carbocycles. The molecule has 7 heteroatoms. The Morgan fingerprint density at radius 3 is 2.67 bits per heavy atom. The Kier molecular flexibility index (Phi) is 6.04. The molecule has 0 atom stereocenters. The number of hydrogen-bond donors (Lipinski definition) is 2. The van der Waals surface area contributed by atoms with E-state index in [4.69, 9.17) is 5.11 Å². The van der Waals surface area contributed by atoms with Crippen LogP contribution in [0.4, 0.5) is 8.78 Å². The van der Waals surface area contributed by atoms with Gasteiger partial charge >= 0.3 is 0 Å². The molecule has 0 aliphatic carbocycles. The highest BCUT2D eigenvalue weighted by Gasteiger charge is 2.20. The zero-order chi connectivity index (χ0) is 13.7. The minimum absolute atomic E-state index is 0.132. The van der Waals surface area contributed by atoms with Crippen LogP contribution in [0.5, 0.6) is 0 Å². The van der Waals surface area contributed by atoms with Crippen molar-refractivity contribution in [1.29, 1.82) is 0 Å². The first-order chi connectivity index (χ1) is 8.45. The molecule has 0 fully saturated rings. The Hall–Kier alpha value is -0.660. The molecule has 0 aliphatic rings. The standard InChI is InChI=1S/C11H12BrF2NO2S/c12-7-1-2-8(9(18)5-7)11(17)15(3-4-16)6-10(13)14/h1-2,5,10,16,18H,3-4,6H2.